The molecule has 0 amide bonds. The van der Waals surface area contributed by atoms with Gasteiger partial charge in [0.15, 0.2) is 0 Å². The summed E-state index contributed by atoms with van der Waals surface area (Å²) in [6.45, 7) is 9.44. The lowest BCUT2D eigenvalue weighted by atomic mass is 10.1. The molecule has 0 aliphatic heterocycles. The van der Waals surface area contributed by atoms with Gasteiger partial charge in [-0.05, 0) is 12.5 Å². The molecule has 0 radical (unpaired) electrons. The second-order valence-corrected chi connectivity index (χ2v) is 4.51. The SMILES string of the molecule is C=C(C)C(=O)OCCOCCOC(=O)C(=C)c1ccccc1. The number of hydrogen-bond acceptors (Lipinski definition) is 5. The van der Waals surface area contributed by atoms with E-state index in [0.29, 0.717) is 11.1 Å². The Morgan fingerprint density at radius 2 is 1.45 bits per heavy atom. The van der Waals surface area contributed by atoms with Gasteiger partial charge in [-0.15, -0.1) is 0 Å². The highest BCUT2D eigenvalue weighted by molar-refractivity contribution is 6.15. The highest BCUT2D eigenvalue weighted by Crippen LogP contribution is 2.12. The lowest BCUT2D eigenvalue weighted by molar-refractivity contribution is -0.141. The fourth-order valence-corrected chi connectivity index (χ4v) is 1.46. The Kier molecular flexibility index (Phi) is 7.64. The highest BCUT2D eigenvalue weighted by atomic mass is 16.6. The first-order valence-electron chi connectivity index (χ1n) is 6.84. The Morgan fingerprint density at radius 1 is 0.909 bits per heavy atom. The molecule has 0 bridgehead atoms. The van der Waals surface area contributed by atoms with Crippen molar-refractivity contribution in [2.75, 3.05) is 26.4 Å². The monoisotopic (exact) mass is 304 g/mol. The number of benzene rings is 1. The Balaban J connectivity index is 2.12. The summed E-state index contributed by atoms with van der Waals surface area (Å²) >= 11 is 0. The number of esters is 2. The van der Waals surface area contributed by atoms with Gasteiger partial charge in [0.2, 0.25) is 0 Å². The molecule has 1 rings (SSSR count). The van der Waals surface area contributed by atoms with E-state index >= 15 is 0 Å². The third-order valence-electron chi connectivity index (χ3n) is 2.64. The number of rotatable bonds is 9. The van der Waals surface area contributed by atoms with Crippen LogP contribution in [0.15, 0.2) is 49.1 Å². The number of hydrogen-bond donors (Lipinski definition) is 0. The molecule has 0 aliphatic carbocycles. The van der Waals surface area contributed by atoms with Gasteiger partial charge in [-0.3, -0.25) is 0 Å². The Hall–Kier alpha value is -2.40. The van der Waals surface area contributed by atoms with Gasteiger partial charge in [0, 0.05) is 5.57 Å². The van der Waals surface area contributed by atoms with Crippen LogP contribution in [0.4, 0.5) is 0 Å². The van der Waals surface area contributed by atoms with Crippen LogP contribution in [0.25, 0.3) is 5.57 Å². The van der Waals surface area contributed by atoms with Crippen LogP contribution in [0, 0.1) is 0 Å². The molecule has 0 spiro atoms. The summed E-state index contributed by atoms with van der Waals surface area (Å²) < 4.78 is 15.1. The summed E-state index contributed by atoms with van der Waals surface area (Å²) in [6, 6.07) is 9.08. The fourth-order valence-electron chi connectivity index (χ4n) is 1.46. The van der Waals surface area contributed by atoms with Crippen LogP contribution in [0.1, 0.15) is 12.5 Å². The van der Waals surface area contributed by atoms with Gasteiger partial charge >= 0.3 is 11.9 Å². The zero-order chi connectivity index (χ0) is 16.4. The van der Waals surface area contributed by atoms with Crippen LogP contribution in [0.2, 0.25) is 0 Å². The molecular formula is C17H20O5. The summed E-state index contributed by atoms with van der Waals surface area (Å²) in [5, 5.41) is 0. The molecule has 22 heavy (non-hydrogen) atoms. The van der Waals surface area contributed by atoms with E-state index in [1.54, 1.807) is 19.1 Å². The summed E-state index contributed by atoms with van der Waals surface area (Å²) in [4.78, 5) is 22.8. The van der Waals surface area contributed by atoms with Crippen molar-refractivity contribution in [2.24, 2.45) is 0 Å². The molecule has 0 aromatic heterocycles. The minimum Gasteiger partial charge on any atom is -0.460 e. The molecule has 0 saturated heterocycles. The van der Waals surface area contributed by atoms with Crippen molar-refractivity contribution in [3.8, 4) is 0 Å². The summed E-state index contributed by atoms with van der Waals surface area (Å²) in [5.41, 5.74) is 1.37. The average Bonchev–Trinajstić information content (AvgIpc) is 2.53. The molecule has 1 aromatic carbocycles. The van der Waals surface area contributed by atoms with Gasteiger partial charge in [0.1, 0.15) is 13.2 Å². The minimum absolute atomic E-state index is 0.110. The van der Waals surface area contributed by atoms with Gasteiger partial charge in [-0.25, -0.2) is 9.59 Å². The minimum atomic E-state index is -0.483. The molecular weight excluding hydrogens is 284 g/mol. The quantitative estimate of drug-likeness (QED) is 0.398. The third kappa shape index (κ3) is 6.37. The molecule has 0 atom stereocenters. The normalized spacial score (nSPS) is 9.86. The Labute approximate surface area is 130 Å². The van der Waals surface area contributed by atoms with Crippen molar-refractivity contribution in [2.45, 2.75) is 6.92 Å². The molecule has 0 aliphatic rings. The van der Waals surface area contributed by atoms with Crippen LogP contribution in [0.3, 0.4) is 0 Å². The van der Waals surface area contributed by atoms with Crippen molar-refractivity contribution in [1.82, 2.24) is 0 Å². The predicted molar refractivity (Wildman–Crippen MR) is 83.0 cm³/mol. The zero-order valence-electron chi connectivity index (χ0n) is 12.7. The standard InChI is InChI=1S/C17H20O5/c1-13(2)16(18)21-11-9-20-10-12-22-17(19)14(3)15-7-5-4-6-8-15/h4-8H,1,3,9-12H2,2H3. The first-order valence-corrected chi connectivity index (χ1v) is 6.84. The third-order valence-corrected chi connectivity index (χ3v) is 2.64. The van der Waals surface area contributed by atoms with Crippen LogP contribution < -0.4 is 0 Å². The van der Waals surface area contributed by atoms with Crippen molar-refractivity contribution in [1.29, 1.82) is 0 Å². The van der Waals surface area contributed by atoms with Crippen LogP contribution in [-0.4, -0.2) is 38.4 Å². The van der Waals surface area contributed by atoms with Gasteiger partial charge in [-0.2, -0.15) is 0 Å². The van der Waals surface area contributed by atoms with E-state index in [9.17, 15) is 9.59 Å². The molecule has 5 nitrogen and oxygen atoms in total. The molecule has 0 heterocycles. The molecule has 5 heteroatoms. The van der Waals surface area contributed by atoms with E-state index in [2.05, 4.69) is 13.2 Å². The van der Waals surface area contributed by atoms with E-state index in [0.717, 1.165) is 5.56 Å². The number of carbonyl (C=O) groups excluding carboxylic acids is 2. The maximum absolute atomic E-state index is 11.7. The molecule has 0 fully saturated rings. The maximum Gasteiger partial charge on any atom is 0.338 e. The van der Waals surface area contributed by atoms with Crippen LogP contribution in [0.5, 0.6) is 0 Å². The van der Waals surface area contributed by atoms with E-state index < -0.39 is 11.9 Å². The summed E-state index contributed by atoms with van der Waals surface area (Å²) in [6.07, 6.45) is 0. The van der Waals surface area contributed by atoms with Crippen molar-refractivity contribution >= 4 is 17.5 Å². The van der Waals surface area contributed by atoms with E-state index in [4.69, 9.17) is 14.2 Å². The largest absolute Gasteiger partial charge is 0.460 e. The predicted octanol–water partition coefficient (Wildman–Crippen LogP) is 2.38. The summed E-state index contributed by atoms with van der Waals surface area (Å²) in [5.74, 6) is -0.933. The lowest BCUT2D eigenvalue weighted by Crippen LogP contribution is -2.15. The van der Waals surface area contributed by atoms with Gasteiger partial charge in [0.05, 0.1) is 18.8 Å². The fraction of sp³-hybridized carbons (Fsp3) is 0.294. The Morgan fingerprint density at radius 3 is 2.00 bits per heavy atom. The molecule has 0 unspecified atom stereocenters. The smallest absolute Gasteiger partial charge is 0.338 e. The zero-order valence-corrected chi connectivity index (χ0v) is 12.7. The van der Waals surface area contributed by atoms with Gasteiger partial charge in [-0.1, -0.05) is 43.5 Å². The second-order valence-electron chi connectivity index (χ2n) is 4.51. The maximum atomic E-state index is 11.7. The summed E-state index contributed by atoms with van der Waals surface area (Å²) in [7, 11) is 0. The lowest BCUT2D eigenvalue weighted by Gasteiger charge is -2.08. The Bertz CT molecular complexity index is 533. The first-order chi connectivity index (χ1) is 10.5. The number of ether oxygens (including phenoxy) is 3. The van der Waals surface area contributed by atoms with Crippen LogP contribution >= 0.6 is 0 Å². The van der Waals surface area contributed by atoms with E-state index in [1.807, 2.05) is 18.2 Å². The van der Waals surface area contributed by atoms with Crippen molar-refractivity contribution in [3.63, 3.8) is 0 Å². The average molecular weight is 304 g/mol. The van der Waals surface area contributed by atoms with Gasteiger partial charge < -0.3 is 14.2 Å². The molecule has 118 valence electrons. The second kappa shape index (κ2) is 9.52. The number of carbonyl (C=O) groups is 2. The van der Waals surface area contributed by atoms with Crippen molar-refractivity contribution < 1.29 is 23.8 Å². The molecule has 0 saturated carbocycles. The topological polar surface area (TPSA) is 61.8 Å². The molecule has 0 N–H and O–H groups in total. The van der Waals surface area contributed by atoms with Crippen LogP contribution in [-0.2, 0) is 23.8 Å². The highest BCUT2D eigenvalue weighted by Gasteiger charge is 2.10. The van der Waals surface area contributed by atoms with Gasteiger partial charge in [0.25, 0.3) is 0 Å². The van der Waals surface area contributed by atoms with E-state index in [-0.39, 0.29) is 26.4 Å². The van der Waals surface area contributed by atoms with Crippen molar-refractivity contribution in [3.05, 3.63) is 54.6 Å². The molecule has 1 aromatic rings. The van der Waals surface area contributed by atoms with E-state index in [1.165, 1.54) is 0 Å². The first kappa shape index (κ1) is 17.7.